The summed E-state index contributed by atoms with van der Waals surface area (Å²) < 4.78 is 5.02. The van der Waals surface area contributed by atoms with Crippen LogP contribution in [0.5, 0.6) is 0 Å². The van der Waals surface area contributed by atoms with E-state index in [-0.39, 0.29) is 34.8 Å². The SMILES string of the molecule is O=C(COC(=O)[C@H]1CC(=O)N(C2CCCC2)C1)Nc1cc(Cl)ccc1[N+](=O)[O-]. The number of halogens is 1. The van der Waals surface area contributed by atoms with E-state index < -0.39 is 29.3 Å². The minimum atomic E-state index is -0.726. The van der Waals surface area contributed by atoms with Crippen molar-refractivity contribution in [2.45, 2.75) is 38.1 Å². The van der Waals surface area contributed by atoms with Crippen LogP contribution in [0, 0.1) is 16.0 Å². The van der Waals surface area contributed by atoms with Crippen molar-refractivity contribution in [2.24, 2.45) is 5.92 Å². The molecule has 9 nitrogen and oxygen atoms in total. The standard InChI is InChI=1S/C18H20ClN3O6/c19-12-5-6-15(22(26)27)14(8-12)20-16(23)10-28-18(25)11-7-17(24)21(9-11)13-3-1-2-4-13/h5-6,8,11,13H,1-4,7,9-10H2,(H,20,23)/t11-/m0/s1. The van der Waals surface area contributed by atoms with Crippen molar-refractivity contribution in [3.63, 3.8) is 0 Å². The van der Waals surface area contributed by atoms with Gasteiger partial charge in [0, 0.05) is 30.1 Å². The molecule has 0 unspecified atom stereocenters. The molecule has 2 fully saturated rings. The van der Waals surface area contributed by atoms with E-state index >= 15 is 0 Å². The lowest BCUT2D eigenvalue weighted by Crippen LogP contribution is -2.35. The summed E-state index contributed by atoms with van der Waals surface area (Å²) in [5.41, 5.74) is -0.403. The number of carbonyl (C=O) groups excluding carboxylic acids is 3. The number of carbonyl (C=O) groups is 3. The maximum atomic E-state index is 12.2. The summed E-state index contributed by atoms with van der Waals surface area (Å²) in [5, 5.41) is 13.6. The van der Waals surface area contributed by atoms with Gasteiger partial charge in [0.25, 0.3) is 11.6 Å². The van der Waals surface area contributed by atoms with Crippen molar-refractivity contribution >= 4 is 40.8 Å². The van der Waals surface area contributed by atoms with Crippen molar-refractivity contribution < 1.29 is 24.0 Å². The Balaban J connectivity index is 1.52. The molecule has 0 aromatic heterocycles. The first-order valence-electron chi connectivity index (χ1n) is 9.05. The van der Waals surface area contributed by atoms with Crippen LogP contribution in [0.3, 0.4) is 0 Å². The number of anilines is 1. The van der Waals surface area contributed by atoms with Gasteiger partial charge in [0.15, 0.2) is 6.61 Å². The van der Waals surface area contributed by atoms with E-state index in [9.17, 15) is 24.5 Å². The second-order valence-electron chi connectivity index (χ2n) is 6.96. The van der Waals surface area contributed by atoms with Crippen LogP contribution in [0.15, 0.2) is 18.2 Å². The Morgan fingerprint density at radius 1 is 1.32 bits per heavy atom. The number of benzene rings is 1. The van der Waals surface area contributed by atoms with Crippen molar-refractivity contribution in [3.05, 3.63) is 33.3 Å². The lowest BCUT2D eigenvalue weighted by atomic mass is 10.1. The zero-order valence-electron chi connectivity index (χ0n) is 15.1. The minimum absolute atomic E-state index is 0.0622. The Morgan fingerprint density at radius 2 is 2.04 bits per heavy atom. The molecule has 0 radical (unpaired) electrons. The molecule has 0 bridgehead atoms. The predicted octanol–water partition coefficient (Wildman–Crippen LogP) is 2.52. The zero-order valence-corrected chi connectivity index (χ0v) is 15.8. The highest BCUT2D eigenvalue weighted by molar-refractivity contribution is 6.31. The van der Waals surface area contributed by atoms with E-state index in [2.05, 4.69) is 5.32 Å². The Bertz CT molecular complexity index is 809. The maximum absolute atomic E-state index is 12.2. The summed E-state index contributed by atoms with van der Waals surface area (Å²) in [6, 6.07) is 3.94. The number of hydrogen-bond donors (Lipinski definition) is 1. The third-order valence-electron chi connectivity index (χ3n) is 5.03. The van der Waals surface area contributed by atoms with Crippen LogP contribution in [-0.4, -0.2) is 46.8 Å². The Hall–Kier alpha value is -2.68. The number of nitrogens with one attached hydrogen (secondary N) is 1. The summed E-state index contributed by atoms with van der Waals surface area (Å²) in [7, 11) is 0. The fraction of sp³-hybridized carbons (Fsp3) is 0.500. The van der Waals surface area contributed by atoms with Crippen LogP contribution < -0.4 is 5.32 Å². The number of likely N-dealkylation sites (tertiary alicyclic amines) is 1. The molecular weight excluding hydrogens is 390 g/mol. The van der Waals surface area contributed by atoms with Gasteiger partial charge < -0.3 is 15.0 Å². The number of nitro benzene ring substituents is 1. The van der Waals surface area contributed by atoms with Gasteiger partial charge in [-0.3, -0.25) is 24.5 Å². The second kappa shape index (κ2) is 8.55. The molecule has 28 heavy (non-hydrogen) atoms. The molecule has 0 spiro atoms. The van der Waals surface area contributed by atoms with Gasteiger partial charge in [0.1, 0.15) is 5.69 Å². The van der Waals surface area contributed by atoms with Crippen molar-refractivity contribution in [1.82, 2.24) is 4.90 Å². The third kappa shape index (κ3) is 4.59. The molecule has 1 N–H and O–H groups in total. The van der Waals surface area contributed by atoms with Crippen LogP contribution >= 0.6 is 11.6 Å². The van der Waals surface area contributed by atoms with Crippen LogP contribution in [0.1, 0.15) is 32.1 Å². The molecule has 1 aromatic carbocycles. The highest BCUT2D eigenvalue weighted by Crippen LogP contribution is 2.30. The van der Waals surface area contributed by atoms with Gasteiger partial charge in [-0.2, -0.15) is 0 Å². The molecule has 1 atom stereocenters. The lowest BCUT2D eigenvalue weighted by molar-refractivity contribution is -0.383. The van der Waals surface area contributed by atoms with Gasteiger partial charge in [0.05, 0.1) is 10.8 Å². The summed E-state index contributed by atoms with van der Waals surface area (Å²) in [4.78, 5) is 48.5. The number of nitrogens with zero attached hydrogens (tertiary/aromatic N) is 2. The topological polar surface area (TPSA) is 119 Å². The van der Waals surface area contributed by atoms with E-state index in [0.717, 1.165) is 25.7 Å². The molecule has 1 aromatic rings. The smallest absolute Gasteiger partial charge is 0.311 e. The molecule has 2 amide bonds. The molecule has 2 aliphatic rings. The number of hydrogen-bond acceptors (Lipinski definition) is 6. The summed E-state index contributed by atoms with van der Waals surface area (Å²) in [6.07, 6.45) is 4.15. The average molecular weight is 410 g/mol. The fourth-order valence-electron chi connectivity index (χ4n) is 3.67. The van der Waals surface area contributed by atoms with Gasteiger partial charge in [-0.25, -0.2) is 0 Å². The summed E-state index contributed by atoms with van der Waals surface area (Å²) >= 11 is 5.80. The second-order valence-corrected chi connectivity index (χ2v) is 7.40. The first kappa shape index (κ1) is 20.1. The van der Waals surface area contributed by atoms with E-state index in [1.54, 1.807) is 4.90 Å². The molecule has 3 rings (SSSR count). The van der Waals surface area contributed by atoms with Crippen LogP contribution in [-0.2, 0) is 19.1 Å². The largest absolute Gasteiger partial charge is 0.455 e. The molecule has 10 heteroatoms. The summed E-state index contributed by atoms with van der Waals surface area (Å²) in [6.45, 7) is -0.291. The van der Waals surface area contributed by atoms with Gasteiger partial charge in [-0.15, -0.1) is 0 Å². The van der Waals surface area contributed by atoms with Crippen LogP contribution in [0.4, 0.5) is 11.4 Å². The first-order chi connectivity index (χ1) is 13.3. The molecule has 1 aliphatic carbocycles. The predicted molar refractivity (Wildman–Crippen MR) is 99.8 cm³/mol. The number of amides is 2. The van der Waals surface area contributed by atoms with E-state index in [1.165, 1.54) is 18.2 Å². The number of rotatable bonds is 6. The first-order valence-corrected chi connectivity index (χ1v) is 9.43. The molecule has 1 aliphatic heterocycles. The lowest BCUT2D eigenvalue weighted by Gasteiger charge is -2.23. The van der Waals surface area contributed by atoms with Crippen LogP contribution in [0.2, 0.25) is 5.02 Å². The molecule has 1 saturated heterocycles. The van der Waals surface area contributed by atoms with E-state index in [4.69, 9.17) is 16.3 Å². The van der Waals surface area contributed by atoms with E-state index in [1.807, 2.05) is 0 Å². The van der Waals surface area contributed by atoms with Gasteiger partial charge >= 0.3 is 5.97 Å². The molecule has 150 valence electrons. The molecule has 1 saturated carbocycles. The fourth-order valence-corrected chi connectivity index (χ4v) is 3.84. The Morgan fingerprint density at radius 3 is 2.71 bits per heavy atom. The number of esters is 1. The number of ether oxygens (including phenoxy) is 1. The highest BCUT2D eigenvalue weighted by atomic mass is 35.5. The highest BCUT2D eigenvalue weighted by Gasteiger charge is 2.39. The summed E-state index contributed by atoms with van der Waals surface area (Å²) in [5.74, 6) is -2.01. The van der Waals surface area contributed by atoms with Crippen molar-refractivity contribution in [1.29, 1.82) is 0 Å². The normalized spacial score (nSPS) is 19.7. The van der Waals surface area contributed by atoms with Crippen molar-refractivity contribution in [3.8, 4) is 0 Å². The average Bonchev–Trinajstić information content (AvgIpc) is 3.28. The van der Waals surface area contributed by atoms with Gasteiger partial charge in [-0.1, -0.05) is 24.4 Å². The van der Waals surface area contributed by atoms with Gasteiger partial charge in [0.2, 0.25) is 5.91 Å². The van der Waals surface area contributed by atoms with E-state index in [0.29, 0.717) is 6.54 Å². The minimum Gasteiger partial charge on any atom is -0.455 e. The van der Waals surface area contributed by atoms with Crippen molar-refractivity contribution in [2.75, 3.05) is 18.5 Å². The Kier molecular flexibility index (Phi) is 6.13. The van der Waals surface area contributed by atoms with Gasteiger partial charge in [-0.05, 0) is 25.0 Å². The quantitative estimate of drug-likeness (QED) is 0.438. The Labute approximate surface area is 166 Å². The van der Waals surface area contributed by atoms with Crippen LogP contribution in [0.25, 0.3) is 0 Å². The monoisotopic (exact) mass is 409 g/mol. The molecular formula is C18H20ClN3O6. The third-order valence-corrected chi connectivity index (χ3v) is 5.27. The zero-order chi connectivity index (χ0) is 20.3. The maximum Gasteiger partial charge on any atom is 0.311 e. The molecule has 1 heterocycles. The number of nitro groups is 1.